The van der Waals surface area contributed by atoms with Crippen molar-refractivity contribution in [3.05, 3.63) is 77.6 Å². The van der Waals surface area contributed by atoms with E-state index in [4.69, 9.17) is 0 Å². The summed E-state index contributed by atoms with van der Waals surface area (Å²) in [4.78, 5) is 26.0. The molecule has 0 aliphatic carbocycles. The van der Waals surface area contributed by atoms with Gasteiger partial charge in [0.1, 0.15) is 12.4 Å². The standard InChI is InChI=1S/C19H17FN2O2/c1-12(14-7-9-15(20)10-8-14)21-18(23)11-22-13(2)16-5-3-4-6-17(16)19(22)24/h3-10,12H,2,11H2,1H3,(H,21,23)/t12-/m1/s1. The Kier molecular flexibility index (Phi) is 4.16. The first kappa shape index (κ1) is 15.9. The topological polar surface area (TPSA) is 49.4 Å². The Morgan fingerprint density at radius 1 is 1.17 bits per heavy atom. The molecule has 5 heteroatoms. The molecule has 24 heavy (non-hydrogen) atoms. The number of rotatable bonds is 4. The monoisotopic (exact) mass is 324 g/mol. The van der Waals surface area contributed by atoms with Gasteiger partial charge in [-0.2, -0.15) is 0 Å². The van der Waals surface area contributed by atoms with Gasteiger partial charge in [0.05, 0.1) is 6.04 Å². The van der Waals surface area contributed by atoms with E-state index in [1.807, 2.05) is 12.1 Å². The van der Waals surface area contributed by atoms with Crippen LogP contribution in [0.25, 0.3) is 5.70 Å². The SMILES string of the molecule is C=C1c2ccccc2C(=O)N1CC(=O)N[C@H](C)c1ccc(F)cc1. The Balaban J connectivity index is 1.66. The lowest BCUT2D eigenvalue weighted by Crippen LogP contribution is -2.37. The highest BCUT2D eigenvalue weighted by Crippen LogP contribution is 2.30. The molecular formula is C19H17FN2O2. The Labute approximate surface area is 139 Å². The van der Waals surface area contributed by atoms with Crippen LogP contribution >= 0.6 is 0 Å². The summed E-state index contributed by atoms with van der Waals surface area (Å²) in [5.41, 5.74) is 2.63. The maximum atomic E-state index is 13.0. The molecule has 1 aliphatic rings. The third-order valence-electron chi connectivity index (χ3n) is 4.09. The van der Waals surface area contributed by atoms with Gasteiger partial charge in [-0.05, 0) is 30.7 Å². The van der Waals surface area contributed by atoms with Crippen molar-refractivity contribution >= 4 is 17.5 Å². The van der Waals surface area contributed by atoms with Crippen LogP contribution in [-0.4, -0.2) is 23.3 Å². The molecule has 2 aromatic carbocycles. The van der Waals surface area contributed by atoms with Crippen LogP contribution < -0.4 is 5.32 Å². The second kappa shape index (κ2) is 6.28. The Morgan fingerprint density at radius 2 is 1.79 bits per heavy atom. The van der Waals surface area contributed by atoms with Gasteiger partial charge in [-0.15, -0.1) is 0 Å². The number of carbonyl (C=O) groups is 2. The lowest BCUT2D eigenvalue weighted by Gasteiger charge is -2.19. The molecule has 0 unspecified atom stereocenters. The molecule has 0 radical (unpaired) electrons. The van der Waals surface area contributed by atoms with Crippen LogP contribution in [0.3, 0.4) is 0 Å². The van der Waals surface area contributed by atoms with Gasteiger partial charge >= 0.3 is 0 Å². The lowest BCUT2D eigenvalue weighted by atomic mass is 10.1. The molecule has 122 valence electrons. The summed E-state index contributed by atoms with van der Waals surface area (Å²) in [5.74, 6) is -0.844. The van der Waals surface area contributed by atoms with Crippen molar-refractivity contribution in [3.8, 4) is 0 Å². The number of fused-ring (bicyclic) bond motifs is 1. The van der Waals surface area contributed by atoms with Crippen molar-refractivity contribution < 1.29 is 14.0 Å². The van der Waals surface area contributed by atoms with Gasteiger partial charge in [-0.1, -0.05) is 36.9 Å². The Hall–Kier alpha value is -2.95. The van der Waals surface area contributed by atoms with Gasteiger partial charge in [-0.3, -0.25) is 14.5 Å². The first-order valence-corrected chi connectivity index (χ1v) is 7.62. The lowest BCUT2D eigenvalue weighted by molar-refractivity contribution is -0.121. The zero-order valence-electron chi connectivity index (χ0n) is 13.3. The predicted molar refractivity (Wildman–Crippen MR) is 89.5 cm³/mol. The molecule has 2 amide bonds. The van der Waals surface area contributed by atoms with Gasteiger partial charge in [0.2, 0.25) is 5.91 Å². The summed E-state index contributed by atoms with van der Waals surface area (Å²) in [6.45, 7) is 5.62. The zero-order chi connectivity index (χ0) is 17.3. The molecule has 1 heterocycles. The van der Waals surface area contributed by atoms with Crippen LogP contribution in [0.2, 0.25) is 0 Å². The molecule has 0 bridgehead atoms. The summed E-state index contributed by atoms with van der Waals surface area (Å²) in [6, 6.07) is 12.8. The smallest absolute Gasteiger partial charge is 0.259 e. The normalized spacial score (nSPS) is 14.5. The van der Waals surface area contributed by atoms with E-state index in [1.54, 1.807) is 31.2 Å². The summed E-state index contributed by atoms with van der Waals surface area (Å²) < 4.78 is 13.0. The summed E-state index contributed by atoms with van der Waals surface area (Å²) in [5, 5.41) is 2.81. The van der Waals surface area contributed by atoms with E-state index in [0.29, 0.717) is 11.3 Å². The van der Waals surface area contributed by atoms with E-state index >= 15 is 0 Å². The van der Waals surface area contributed by atoms with Crippen molar-refractivity contribution in [1.29, 1.82) is 0 Å². The second-order valence-electron chi connectivity index (χ2n) is 5.72. The number of nitrogens with one attached hydrogen (secondary N) is 1. The number of nitrogens with zero attached hydrogens (tertiary/aromatic N) is 1. The zero-order valence-corrected chi connectivity index (χ0v) is 13.3. The maximum absolute atomic E-state index is 13.0. The molecule has 1 N–H and O–H groups in total. The summed E-state index contributed by atoms with van der Waals surface area (Å²) >= 11 is 0. The molecule has 4 nitrogen and oxygen atoms in total. The molecule has 3 rings (SSSR count). The highest BCUT2D eigenvalue weighted by molar-refractivity contribution is 6.10. The van der Waals surface area contributed by atoms with Crippen molar-refractivity contribution in [2.24, 2.45) is 0 Å². The number of hydrogen-bond acceptors (Lipinski definition) is 2. The average molecular weight is 324 g/mol. The van der Waals surface area contributed by atoms with Gasteiger partial charge < -0.3 is 5.32 Å². The van der Waals surface area contributed by atoms with Crippen LogP contribution in [0.15, 0.2) is 55.1 Å². The van der Waals surface area contributed by atoms with Crippen molar-refractivity contribution in [1.82, 2.24) is 10.2 Å². The Morgan fingerprint density at radius 3 is 2.42 bits per heavy atom. The highest BCUT2D eigenvalue weighted by Gasteiger charge is 2.32. The van der Waals surface area contributed by atoms with E-state index in [-0.39, 0.29) is 30.2 Å². The minimum atomic E-state index is -0.325. The van der Waals surface area contributed by atoms with Crippen molar-refractivity contribution in [2.75, 3.05) is 6.54 Å². The number of carbonyl (C=O) groups excluding carboxylic acids is 2. The average Bonchev–Trinajstić information content (AvgIpc) is 2.81. The van der Waals surface area contributed by atoms with Crippen LogP contribution in [0.1, 0.15) is 34.5 Å². The van der Waals surface area contributed by atoms with Crippen molar-refractivity contribution in [2.45, 2.75) is 13.0 Å². The van der Waals surface area contributed by atoms with E-state index in [2.05, 4.69) is 11.9 Å². The first-order valence-electron chi connectivity index (χ1n) is 7.62. The van der Waals surface area contributed by atoms with E-state index in [0.717, 1.165) is 11.1 Å². The van der Waals surface area contributed by atoms with Gasteiger partial charge in [0, 0.05) is 16.8 Å². The quantitative estimate of drug-likeness (QED) is 0.939. The van der Waals surface area contributed by atoms with Crippen LogP contribution in [0, 0.1) is 5.82 Å². The fraction of sp³-hybridized carbons (Fsp3) is 0.158. The molecule has 0 saturated carbocycles. The van der Waals surface area contributed by atoms with Crippen LogP contribution in [-0.2, 0) is 4.79 Å². The minimum Gasteiger partial charge on any atom is -0.348 e. The molecule has 0 spiro atoms. The molecule has 1 atom stereocenters. The fourth-order valence-corrected chi connectivity index (χ4v) is 2.77. The number of benzene rings is 2. The first-order chi connectivity index (χ1) is 11.5. The molecule has 2 aromatic rings. The van der Waals surface area contributed by atoms with E-state index in [1.165, 1.54) is 17.0 Å². The van der Waals surface area contributed by atoms with E-state index < -0.39 is 0 Å². The maximum Gasteiger partial charge on any atom is 0.259 e. The summed E-state index contributed by atoms with van der Waals surface area (Å²) in [7, 11) is 0. The van der Waals surface area contributed by atoms with Gasteiger partial charge in [0.25, 0.3) is 5.91 Å². The predicted octanol–water partition coefficient (Wildman–Crippen LogP) is 3.13. The number of hydrogen-bond donors (Lipinski definition) is 1. The van der Waals surface area contributed by atoms with Crippen LogP contribution in [0.5, 0.6) is 0 Å². The summed E-state index contributed by atoms with van der Waals surface area (Å²) in [6.07, 6.45) is 0. The molecule has 0 aromatic heterocycles. The molecular weight excluding hydrogens is 307 g/mol. The van der Waals surface area contributed by atoms with Crippen LogP contribution in [0.4, 0.5) is 4.39 Å². The Bertz CT molecular complexity index is 779. The largest absolute Gasteiger partial charge is 0.348 e. The molecule has 0 saturated heterocycles. The number of amides is 2. The number of halogens is 1. The minimum absolute atomic E-state index is 0.0993. The fourth-order valence-electron chi connectivity index (χ4n) is 2.77. The molecule has 1 aliphatic heterocycles. The molecule has 0 fully saturated rings. The third-order valence-corrected chi connectivity index (χ3v) is 4.09. The highest BCUT2D eigenvalue weighted by atomic mass is 19.1. The van der Waals surface area contributed by atoms with E-state index in [9.17, 15) is 14.0 Å². The van der Waals surface area contributed by atoms with Crippen molar-refractivity contribution in [3.63, 3.8) is 0 Å². The van der Waals surface area contributed by atoms with Gasteiger partial charge in [0.15, 0.2) is 0 Å². The van der Waals surface area contributed by atoms with Gasteiger partial charge in [-0.25, -0.2) is 4.39 Å². The second-order valence-corrected chi connectivity index (χ2v) is 5.72. The third kappa shape index (κ3) is 2.93.